The van der Waals surface area contributed by atoms with Crippen LogP contribution >= 0.6 is 15.9 Å². The van der Waals surface area contributed by atoms with Crippen molar-refractivity contribution in [2.24, 2.45) is 0 Å². The first-order valence-electron chi connectivity index (χ1n) is 6.38. The second-order valence-electron chi connectivity index (χ2n) is 4.91. The van der Waals surface area contributed by atoms with E-state index in [0.29, 0.717) is 6.04 Å². The summed E-state index contributed by atoms with van der Waals surface area (Å²) in [6.45, 7) is 7.59. The van der Waals surface area contributed by atoms with E-state index in [1.54, 1.807) is 0 Å². The molecule has 0 bridgehead atoms. The smallest absolute Gasteiger partial charge is 0.270 e. The number of rotatable bonds is 2. The van der Waals surface area contributed by atoms with Gasteiger partial charge < -0.3 is 14.4 Å². The molecule has 1 aliphatic heterocycles. The molecule has 1 unspecified atom stereocenters. The van der Waals surface area contributed by atoms with Gasteiger partial charge in [0.2, 0.25) is 0 Å². The lowest BCUT2D eigenvalue weighted by atomic mass is 10.2. The van der Waals surface area contributed by atoms with E-state index in [4.69, 9.17) is 0 Å². The topological polar surface area (TPSA) is 28.5 Å². The van der Waals surface area contributed by atoms with Crippen molar-refractivity contribution in [3.05, 3.63) is 22.4 Å². The number of likely N-dealkylation sites (N-methyl/N-ethyl adjacent to an activating group) is 1. The van der Waals surface area contributed by atoms with Gasteiger partial charge in [0.05, 0.1) is 0 Å². The molecule has 0 saturated carbocycles. The van der Waals surface area contributed by atoms with Gasteiger partial charge in [-0.05, 0) is 42.9 Å². The molecule has 2 heterocycles. The molecule has 18 heavy (non-hydrogen) atoms. The molecular formula is C13H20BrN3O. The van der Waals surface area contributed by atoms with Crippen molar-refractivity contribution in [2.45, 2.75) is 26.4 Å². The fraction of sp³-hybridized carbons (Fsp3) is 0.615. The van der Waals surface area contributed by atoms with Crippen LogP contribution in [0.25, 0.3) is 0 Å². The third-order valence-corrected chi connectivity index (χ3v) is 4.10. The SMILES string of the molecule is CCn1cc(Br)cc1C(=O)N1CCN(C)C(C)C1. The molecule has 1 fully saturated rings. The maximum atomic E-state index is 12.5. The van der Waals surface area contributed by atoms with Crippen LogP contribution in [0.4, 0.5) is 0 Å². The summed E-state index contributed by atoms with van der Waals surface area (Å²) in [6, 6.07) is 2.34. The van der Waals surface area contributed by atoms with Gasteiger partial charge in [0, 0.05) is 42.9 Å². The molecule has 2 rings (SSSR count). The Morgan fingerprint density at radius 3 is 2.83 bits per heavy atom. The number of hydrogen-bond donors (Lipinski definition) is 0. The fourth-order valence-corrected chi connectivity index (χ4v) is 2.77. The highest BCUT2D eigenvalue weighted by molar-refractivity contribution is 9.10. The van der Waals surface area contributed by atoms with Gasteiger partial charge in [-0.1, -0.05) is 0 Å². The summed E-state index contributed by atoms with van der Waals surface area (Å²) in [4.78, 5) is 16.8. The molecule has 1 aliphatic rings. The molecule has 4 nitrogen and oxygen atoms in total. The zero-order valence-corrected chi connectivity index (χ0v) is 12.8. The highest BCUT2D eigenvalue weighted by Crippen LogP contribution is 2.18. The summed E-state index contributed by atoms with van der Waals surface area (Å²) in [5, 5.41) is 0. The van der Waals surface area contributed by atoms with Crippen LogP contribution in [0.3, 0.4) is 0 Å². The van der Waals surface area contributed by atoms with Crippen LogP contribution in [-0.4, -0.2) is 53.0 Å². The molecule has 1 aromatic rings. The van der Waals surface area contributed by atoms with Crippen LogP contribution in [0.5, 0.6) is 0 Å². The number of carbonyl (C=O) groups is 1. The van der Waals surface area contributed by atoms with Crippen LogP contribution in [0, 0.1) is 0 Å². The van der Waals surface area contributed by atoms with Crippen LogP contribution in [0.1, 0.15) is 24.3 Å². The summed E-state index contributed by atoms with van der Waals surface area (Å²) in [6.07, 6.45) is 1.97. The van der Waals surface area contributed by atoms with Gasteiger partial charge in [-0.15, -0.1) is 0 Å². The van der Waals surface area contributed by atoms with Crippen LogP contribution in [0.2, 0.25) is 0 Å². The molecule has 1 aromatic heterocycles. The molecule has 0 spiro atoms. The summed E-state index contributed by atoms with van der Waals surface area (Å²) < 4.78 is 2.96. The number of hydrogen-bond acceptors (Lipinski definition) is 2. The van der Waals surface area contributed by atoms with E-state index in [-0.39, 0.29) is 5.91 Å². The number of piperazine rings is 1. The van der Waals surface area contributed by atoms with Gasteiger partial charge in [0.1, 0.15) is 5.69 Å². The summed E-state index contributed by atoms with van der Waals surface area (Å²) >= 11 is 3.44. The van der Waals surface area contributed by atoms with Gasteiger partial charge in [-0.2, -0.15) is 0 Å². The number of aryl methyl sites for hydroxylation is 1. The monoisotopic (exact) mass is 313 g/mol. The third-order valence-electron chi connectivity index (χ3n) is 3.67. The Labute approximate surface area is 117 Å². The highest BCUT2D eigenvalue weighted by atomic mass is 79.9. The number of nitrogens with zero attached hydrogens (tertiary/aromatic N) is 3. The molecule has 1 amide bonds. The third kappa shape index (κ3) is 2.62. The predicted octanol–water partition coefficient (Wildman–Crippen LogP) is 2.05. The molecule has 0 aromatic carbocycles. The second-order valence-corrected chi connectivity index (χ2v) is 5.83. The average molecular weight is 314 g/mol. The number of carbonyl (C=O) groups excluding carboxylic acids is 1. The van der Waals surface area contributed by atoms with E-state index in [2.05, 4.69) is 41.7 Å². The Bertz CT molecular complexity index is 443. The van der Waals surface area contributed by atoms with Gasteiger partial charge in [-0.3, -0.25) is 4.79 Å². The lowest BCUT2D eigenvalue weighted by Gasteiger charge is -2.37. The first-order valence-corrected chi connectivity index (χ1v) is 7.17. The summed E-state index contributed by atoms with van der Waals surface area (Å²) in [7, 11) is 2.11. The van der Waals surface area contributed by atoms with Crippen molar-refractivity contribution < 1.29 is 4.79 Å². The molecule has 1 saturated heterocycles. The van der Waals surface area contributed by atoms with Crippen molar-refractivity contribution >= 4 is 21.8 Å². The van der Waals surface area contributed by atoms with Crippen LogP contribution in [0.15, 0.2) is 16.7 Å². The summed E-state index contributed by atoms with van der Waals surface area (Å²) in [5.41, 5.74) is 0.779. The maximum absolute atomic E-state index is 12.5. The molecule has 100 valence electrons. The molecule has 5 heteroatoms. The second kappa shape index (κ2) is 5.45. The van der Waals surface area contributed by atoms with Crippen molar-refractivity contribution in [1.82, 2.24) is 14.4 Å². The average Bonchev–Trinajstić information content (AvgIpc) is 2.73. The highest BCUT2D eigenvalue weighted by Gasteiger charge is 2.26. The lowest BCUT2D eigenvalue weighted by molar-refractivity contribution is 0.0562. The van der Waals surface area contributed by atoms with Crippen molar-refractivity contribution in [1.29, 1.82) is 0 Å². The van der Waals surface area contributed by atoms with Crippen molar-refractivity contribution in [3.63, 3.8) is 0 Å². The van der Waals surface area contributed by atoms with Crippen LogP contribution in [-0.2, 0) is 6.54 Å². The van der Waals surface area contributed by atoms with E-state index >= 15 is 0 Å². The van der Waals surface area contributed by atoms with E-state index in [1.165, 1.54) is 0 Å². The minimum atomic E-state index is 0.141. The van der Waals surface area contributed by atoms with Gasteiger partial charge >= 0.3 is 0 Å². The Morgan fingerprint density at radius 2 is 2.22 bits per heavy atom. The molecule has 0 aliphatic carbocycles. The van der Waals surface area contributed by atoms with Crippen molar-refractivity contribution in [3.8, 4) is 0 Å². The van der Waals surface area contributed by atoms with Gasteiger partial charge in [0.25, 0.3) is 5.91 Å². The maximum Gasteiger partial charge on any atom is 0.270 e. The molecule has 0 N–H and O–H groups in total. The Balaban J connectivity index is 2.16. The Hall–Kier alpha value is -0.810. The molecule has 1 atom stereocenters. The van der Waals surface area contributed by atoms with Gasteiger partial charge in [0.15, 0.2) is 0 Å². The number of halogens is 1. The fourth-order valence-electron chi connectivity index (χ4n) is 2.31. The zero-order chi connectivity index (χ0) is 13.3. The number of amides is 1. The normalized spacial score (nSPS) is 21.3. The van der Waals surface area contributed by atoms with Gasteiger partial charge in [-0.25, -0.2) is 0 Å². The van der Waals surface area contributed by atoms with E-state index in [1.807, 2.05) is 21.7 Å². The zero-order valence-electron chi connectivity index (χ0n) is 11.2. The first kappa shape index (κ1) is 13.6. The quantitative estimate of drug-likeness (QED) is 0.836. The van der Waals surface area contributed by atoms with E-state index in [0.717, 1.165) is 36.3 Å². The minimum absolute atomic E-state index is 0.141. The van der Waals surface area contributed by atoms with E-state index < -0.39 is 0 Å². The molecular weight excluding hydrogens is 294 g/mol. The minimum Gasteiger partial charge on any atom is -0.343 e. The van der Waals surface area contributed by atoms with E-state index in [9.17, 15) is 4.79 Å². The lowest BCUT2D eigenvalue weighted by Crippen LogP contribution is -2.52. The Morgan fingerprint density at radius 1 is 1.50 bits per heavy atom. The van der Waals surface area contributed by atoms with Crippen LogP contribution < -0.4 is 0 Å². The molecule has 0 radical (unpaired) electrons. The largest absolute Gasteiger partial charge is 0.343 e. The first-order chi connectivity index (χ1) is 8.52. The predicted molar refractivity (Wildman–Crippen MR) is 75.8 cm³/mol. The van der Waals surface area contributed by atoms with Crippen molar-refractivity contribution in [2.75, 3.05) is 26.7 Å². The Kier molecular flexibility index (Phi) is 4.12. The standard InChI is InChI=1S/C13H20BrN3O/c1-4-16-9-11(14)7-12(16)13(18)17-6-5-15(3)10(2)8-17/h7,9-10H,4-6,8H2,1-3H3. The number of aromatic nitrogens is 1. The summed E-state index contributed by atoms with van der Waals surface area (Å²) in [5.74, 6) is 0.141.